The number of carbonyl (C=O) groups excluding carboxylic acids is 1. The van der Waals surface area contributed by atoms with Gasteiger partial charge in [0.05, 0.1) is 28.1 Å². The van der Waals surface area contributed by atoms with Gasteiger partial charge in [0, 0.05) is 38.5 Å². The van der Waals surface area contributed by atoms with Crippen LogP contribution in [0.5, 0.6) is 0 Å². The van der Waals surface area contributed by atoms with Crippen molar-refractivity contribution >= 4 is 56.7 Å². The summed E-state index contributed by atoms with van der Waals surface area (Å²) in [6.07, 6.45) is 0.224. The number of ether oxygens (including phenoxy) is 1. The van der Waals surface area contributed by atoms with Crippen molar-refractivity contribution in [2.75, 3.05) is 34.7 Å². The van der Waals surface area contributed by atoms with E-state index in [0.29, 0.717) is 30.9 Å². The molecule has 1 aliphatic rings. The van der Waals surface area contributed by atoms with Crippen LogP contribution in [-0.4, -0.2) is 72.4 Å². The predicted molar refractivity (Wildman–Crippen MR) is 155 cm³/mol. The van der Waals surface area contributed by atoms with Gasteiger partial charge in [-0.1, -0.05) is 11.6 Å². The summed E-state index contributed by atoms with van der Waals surface area (Å²) in [5, 5.41) is 12.2. The van der Waals surface area contributed by atoms with E-state index < -0.39 is 50.2 Å². The minimum absolute atomic E-state index is 0.0588. The highest BCUT2D eigenvalue weighted by molar-refractivity contribution is 7.93. The van der Waals surface area contributed by atoms with Gasteiger partial charge in [-0.3, -0.25) is 0 Å². The van der Waals surface area contributed by atoms with Crippen LogP contribution in [0.3, 0.4) is 0 Å². The Balaban J connectivity index is 1.61. The SMILES string of the molecule is CN(C(=O)OC(C)(C)C)C1CCN(c2cc(F)ccc2Nc2cc(F)c(S(=O)(=O)N(C(=O)O)c3ccncn3)cc2Cl)C1. The number of sulfonamides is 1. The van der Waals surface area contributed by atoms with E-state index in [1.165, 1.54) is 23.1 Å². The molecule has 230 valence electrons. The van der Waals surface area contributed by atoms with Crippen molar-refractivity contribution in [3.8, 4) is 0 Å². The van der Waals surface area contributed by atoms with Crippen molar-refractivity contribution in [2.45, 2.75) is 43.7 Å². The van der Waals surface area contributed by atoms with E-state index in [1.807, 2.05) is 4.90 Å². The Morgan fingerprint density at radius 3 is 2.51 bits per heavy atom. The van der Waals surface area contributed by atoms with Crippen LogP contribution in [0.4, 0.5) is 41.2 Å². The maximum atomic E-state index is 15.3. The summed E-state index contributed by atoms with van der Waals surface area (Å²) in [5.74, 6) is -2.35. The average Bonchev–Trinajstić information content (AvgIpc) is 3.40. The Morgan fingerprint density at radius 1 is 1.16 bits per heavy atom. The van der Waals surface area contributed by atoms with Gasteiger partial charge in [-0.2, -0.15) is 4.31 Å². The number of likely N-dealkylation sites (N-methyl/N-ethyl adjacent to an activating group) is 1. The fraction of sp³-hybridized carbons (Fsp3) is 0.333. The normalized spacial score (nSPS) is 15.2. The van der Waals surface area contributed by atoms with Gasteiger partial charge in [-0.15, -0.1) is 0 Å². The summed E-state index contributed by atoms with van der Waals surface area (Å²) in [4.78, 5) is 34.0. The van der Waals surface area contributed by atoms with Gasteiger partial charge in [-0.05, 0) is 51.5 Å². The van der Waals surface area contributed by atoms with Crippen molar-refractivity contribution in [1.82, 2.24) is 14.9 Å². The third-order valence-electron chi connectivity index (χ3n) is 6.45. The minimum Gasteiger partial charge on any atom is -0.464 e. The number of aromatic nitrogens is 2. The van der Waals surface area contributed by atoms with Crippen LogP contribution < -0.4 is 14.5 Å². The lowest BCUT2D eigenvalue weighted by molar-refractivity contribution is 0.0237. The van der Waals surface area contributed by atoms with Gasteiger partial charge < -0.3 is 25.0 Å². The molecule has 4 rings (SSSR count). The zero-order valence-electron chi connectivity index (χ0n) is 23.6. The molecule has 1 atom stereocenters. The van der Waals surface area contributed by atoms with Gasteiger partial charge in [0.2, 0.25) is 0 Å². The van der Waals surface area contributed by atoms with Crippen LogP contribution in [0.1, 0.15) is 27.2 Å². The van der Waals surface area contributed by atoms with Crippen molar-refractivity contribution < 1.29 is 36.6 Å². The van der Waals surface area contributed by atoms with E-state index in [1.54, 1.807) is 27.8 Å². The number of carboxylic acid groups (broad SMARTS) is 1. The Bertz CT molecular complexity index is 1640. The van der Waals surface area contributed by atoms with Crippen LogP contribution in [0, 0.1) is 11.6 Å². The average molecular weight is 639 g/mol. The third kappa shape index (κ3) is 7.05. The molecule has 0 spiro atoms. The molecule has 1 saturated heterocycles. The molecule has 1 unspecified atom stereocenters. The van der Waals surface area contributed by atoms with E-state index in [2.05, 4.69) is 15.3 Å². The molecule has 16 heteroatoms. The molecule has 2 N–H and O–H groups in total. The van der Waals surface area contributed by atoms with Crippen LogP contribution in [-0.2, 0) is 14.8 Å². The monoisotopic (exact) mass is 638 g/mol. The zero-order valence-corrected chi connectivity index (χ0v) is 25.2. The molecule has 2 aromatic carbocycles. The van der Waals surface area contributed by atoms with E-state index >= 15 is 4.39 Å². The first kappa shape index (κ1) is 31.7. The Labute approximate surface area is 251 Å². The molecule has 43 heavy (non-hydrogen) atoms. The number of rotatable bonds is 7. The summed E-state index contributed by atoms with van der Waals surface area (Å²) in [7, 11) is -3.37. The second kappa shape index (κ2) is 12.2. The molecule has 0 radical (unpaired) electrons. The highest BCUT2D eigenvalue weighted by Crippen LogP contribution is 2.37. The second-order valence-corrected chi connectivity index (χ2v) is 12.8. The molecule has 3 aromatic rings. The highest BCUT2D eigenvalue weighted by atomic mass is 35.5. The van der Waals surface area contributed by atoms with Crippen LogP contribution >= 0.6 is 11.6 Å². The molecule has 12 nitrogen and oxygen atoms in total. The molecule has 1 fully saturated rings. The maximum Gasteiger partial charge on any atom is 0.427 e. The lowest BCUT2D eigenvalue weighted by Crippen LogP contribution is -2.42. The number of halogens is 3. The predicted octanol–water partition coefficient (Wildman–Crippen LogP) is 5.47. The van der Waals surface area contributed by atoms with Crippen molar-refractivity contribution in [3.05, 3.63) is 65.6 Å². The van der Waals surface area contributed by atoms with Gasteiger partial charge in [-0.25, -0.2) is 36.8 Å². The van der Waals surface area contributed by atoms with Crippen molar-refractivity contribution in [1.29, 1.82) is 0 Å². The molecule has 2 amide bonds. The first-order chi connectivity index (χ1) is 20.1. The van der Waals surface area contributed by atoms with Crippen LogP contribution in [0.2, 0.25) is 5.02 Å². The molecular weight excluding hydrogens is 610 g/mol. The van der Waals surface area contributed by atoms with Crippen molar-refractivity contribution in [3.63, 3.8) is 0 Å². The first-order valence-corrected chi connectivity index (χ1v) is 14.7. The Kier molecular flexibility index (Phi) is 8.97. The van der Waals surface area contributed by atoms with E-state index in [-0.39, 0.29) is 21.1 Å². The minimum atomic E-state index is -5.00. The van der Waals surface area contributed by atoms with Crippen molar-refractivity contribution in [2.24, 2.45) is 0 Å². The third-order valence-corrected chi connectivity index (χ3v) is 8.46. The highest BCUT2D eigenvalue weighted by Gasteiger charge is 2.35. The quantitative estimate of drug-likeness (QED) is 0.342. The summed E-state index contributed by atoms with van der Waals surface area (Å²) in [6, 6.07) is 6.24. The summed E-state index contributed by atoms with van der Waals surface area (Å²) in [6.45, 7) is 6.10. The summed E-state index contributed by atoms with van der Waals surface area (Å²) in [5.41, 5.74) is -0.00764. The van der Waals surface area contributed by atoms with Gasteiger partial charge in [0.25, 0.3) is 10.0 Å². The van der Waals surface area contributed by atoms with Gasteiger partial charge >= 0.3 is 12.2 Å². The largest absolute Gasteiger partial charge is 0.464 e. The number of nitrogens with zero attached hydrogens (tertiary/aromatic N) is 5. The molecule has 1 aromatic heterocycles. The number of hydrogen-bond donors (Lipinski definition) is 2. The van der Waals surface area contributed by atoms with Crippen LogP contribution in [0.15, 0.2) is 53.8 Å². The van der Waals surface area contributed by atoms with Crippen LogP contribution in [0.25, 0.3) is 0 Å². The maximum absolute atomic E-state index is 15.3. The van der Waals surface area contributed by atoms with E-state index in [0.717, 1.165) is 30.7 Å². The fourth-order valence-electron chi connectivity index (χ4n) is 4.43. The first-order valence-electron chi connectivity index (χ1n) is 12.9. The Morgan fingerprint density at radius 2 is 1.88 bits per heavy atom. The lowest BCUT2D eigenvalue weighted by atomic mass is 10.2. The van der Waals surface area contributed by atoms with E-state index in [4.69, 9.17) is 16.3 Å². The fourth-order valence-corrected chi connectivity index (χ4v) is 6.03. The molecule has 2 heterocycles. The molecule has 1 aliphatic heterocycles. The topological polar surface area (TPSA) is 145 Å². The zero-order chi connectivity index (χ0) is 31.7. The molecule has 0 aliphatic carbocycles. The Hall–Kier alpha value is -4.24. The lowest BCUT2D eigenvalue weighted by Gasteiger charge is -2.29. The number of amides is 2. The number of nitrogens with one attached hydrogen (secondary N) is 1. The molecular formula is C27H29ClF2N6O6S. The molecule has 0 bridgehead atoms. The summed E-state index contributed by atoms with van der Waals surface area (Å²) >= 11 is 6.35. The van der Waals surface area contributed by atoms with Gasteiger partial charge in [0.15, 0.2) is 5.82 Å². The smallest absolute Gasteiger partial charge is 0.427 e. The molecule has 0 saturated carbocycles. The number of anilines is 4. The van der Waals surface area contributed by atoms with Gasteiger partial charge in [0.1, 0.15) is 28.5 Å². The summed E-state index contributed by atoms with van der Waals surface area (Å²) < 4.78 is 61.4. The number of carbonyl (C=O) groups is 2. The number of hydrogen-bond acceptors (Lipinski definition) is 9. The van der Waals surface area contributed by atoms with E-state index in [9.17, 15) is 27.5 Å². The second-order valence-electron chi connectivity index (χ2n) is 10.6. The number of benzene rings is 2. The standard InChI is InChI=1S/C27H29ClF2N6O6S/c1-27(2,3)42-26(39)34(4)17-8-10-35(14-17)22-11-16(29)5-6-20(22)33-21-13-19(30)23(12-18(21)28)43(40,41)36(25(37)38)24-7-9-31-15-32-24/h5-7,9,11-13,15,17,33H,8,10,14H2,1-4H3,(H,37,38).